The summed E-state index contributed by atoms with van der Waals surface area (Å²) in [5.41, 5.74) is 3.02. The molecule has 184 valence electrons. The first kappa shape index (κ1) is 24.8. The van der Waals surface area contributed by atoms with Crippen LogP contribution in [0.4, 0.5) is 11.4 Å². The van der Waals surface area contributed by atoms with E-state index in [0.29, 0.717) is 23.0 Å². The number of rotatable bonds is 5. The average Bonchev–Trinajstić information content (AvgIpc) is 2.83. The number of hydrogen-bond donors (Lipinski definition) is 1. The molecule has 1 aliphatic heterocycles. The summed E-state index contributed by atoms with van der Waals surface area (Å²) in [5, 5.41) is 2.87. The molecule has 1 heterocycles. The van der Waals surface area contributed by atoms with Gasteiger partial charge in [0.2, 0.25) is 0 Å². The van der Waals surface area contributed by atoms with E-state index in [1.165, 1.54) is 9.87 Å². The second-order valence-corrected chi connectivity index (χ2v) is 12.0. The smallest absolute Gasteiger partial charge is 0.267 e. The second-order valence-electron chi connectivity index (χ2n) is 10.2. The van der Waals surface area contributed by atoms with Crippen molar-refractivity contribution < 1.29 is 17.9 Å². The Morgan fingerprint density at radius 1 is 1.00 bits per heavy atom. The fraction of sp³-hybridized carbons (Fsp3) is 0.321. The van der Waals surface area contributed by atoms with Crippen LogP contribution in [-0.2, 0) is 20.2 Å². The summed E-state index contributed by atoms with van der Waals surface area (Å²) >= 11 is 0. The lowest BCUT2D eigenvalue weighted by molar-refractivity contribution is -0.122. The van der Waals surface area contributed by atoms with Gasteiger partial charge in [-0.3, -0.25) is 9.10 Å². The van der Waals surface area contributed by atoms with Crippen LogP contribution in [0.25, 0.3) is 0 Å². The Labute approximate surface area is 208 Å². The van der Waals surface area contributed by atoms with E-state index in [2.05, 4.69) is 39.9 Å². The van der Waals surface area contributed by atoms with Crippen LogP contribution in [0.5, 0.6) is 5.75 Å². The Morgan fingerprint density at radius 3 is 2.26 bits per heavy atom. The van der Waals surface area contributed by atoms with Crippen molar-refractivity contribution in [3.8, 4) is 5.75 Å². The van der Waals surface area contributed by atoms with Gasteiger partial charge in [0.05, 0.1) is 17.1 Å². The highest BCUT2D eigenvalue weighted by molar-refractivity contribution is 7.92. The standard InChI is InChI=1S/C28H32N2O4S/c1-19(2)20-11-14-22(15-12-20)29-27(31)26-18-30(35(32,33)23-9-7-6-8-10-23)24-17-21(28(3,4)5)13-16-25(24)34-26/h6-17,19,26H,18H2,1-5H3,(H,29,31)/t26-/m0/s1. The molecule has 1 amide bonds. The summed E-state index contributed by atoms with van der Waals surface area (Å²) < 4.78 is 34.7. The van der Waals surface area contributed by atoms with Gasteiger partial charge in [0.25, 0.3) is 15.9 Å². The highest BCUT2D eigenvalue weighted by Gasteiger charge is 2.38. The molecule has 1 N–H and O–H groups in total. The topological polar surface area (TPSA) is 75.7 Å². The molecule has 1 aliphatic rings. The molecule has 3 aromatic carbocycles. The maximum absolute atomic E-state index is 13.7. The van der Waals surface area contributed by atoms with E-state index in [1.807, 2.05) is 36.4 Å². The van der Waals surface area contributed by atoms with Gasteiger partial charge in [-0.15, -0.1) is 0 Å². The first-order chi connectivity index (χ1) is 16.5. The van der Waals surface area contributed by atoms with E-state index in [-0.39, 0.29) is 16.9 Å². The number of nitrogens with one attached hydrogen (secondary N) is 1. The normalized spacial score (nSPS) is 15.9. The van der Waals surface area contributed by atoms with Gasteiger partial charge in [0, 0.05) is 5.69 Å². The number of nitrogens with zero attached hydrogens (tertiary/aromatic N) is 1. The Bertz CT molecular complexity index is 1310. The fourth-order valence-corrected chi connectivity index (χ4v) is 5.46. The van der Waals surface area contributed by atoms with Gasteiger partial charge in [-0.05, 0) is 58.9 Å². The largest absolute Gasteiger partial charge is 0.476 e. The molecular weight excluding hydrogens is 460 g/mol. The summed E-state index contributed by atoms with van der Waals surface area (Å²) in [7, 11) is -3.92. The van der Waals surface area contributed by atoms with Crippen molar-refractivity contribution in [3.63, 3.8) is 0 Å². The molecule has 0 radical (unpaired) electrons. The Morgan fingerprint density at radius 2 is 1.66 bits per heavy atom. The average molecular weight is 493 g/mol. The van der Waals surface area contributed by atoms with Gasteiger partial charge >= 0.3 is 0 Å². The molecule has 4 rings (SSSR count). The minimum atomic E-state index is -3.92. The Hall–Kier alpha value is -3.32. The minimum absolute atomic E-state index is 0.131. The van der Waals surface area contributed by atoms with Gasteiger partial charge in [0.15, 0.2) is 6.10 Å². The molecule has 35 heavy (non-hydrogen) atoms. The Balaban J connectivity index is 1.69. The van der Waals surface area contributed by atoms with Crippen molar-refractivity contribution >= 4 is 27.3 Å². The summed E-state index contributed by atoms with van der Waals surface area (Å²) in [4.78, 5) is 13.3. The SMILES string of the molecule is CC(C)c1ccc(NC(=O)[C@@H]2CN(S(=O)(=O)c3ccccc3)c3cc(C(C)(C)C)ccc3O2)cc1. The second kappa shape index (κ2) is 9.38. The summed E-state index contributed by atoms with van der Waals surface area (Å²) in [6.45, 7) is 10.3. The van der Waals surface area contributed by atoms with Crippen LogP contribution in [0.15, 0.2) is 77.7 Å². The van der Waals surface area contributed by atoms with Crippen LogP contribution in [0.3, 0.4) is 0 Å². The Kier molecular flexibility index (Phi) is 6.64. The van der Waals surface area contributed by atoms with Crippen molar-refractivity contribution in [2.75, 3.05) is 16.2 Å². The summed E-state index contributed by atoms with van der Waals surface area (Å²) in [6.07, 6.45) is -1.01. The van der Waals surface area contributed by atoms with Gasteiger partial charge in [0.1, 0.15) is 5.75 Å². The maximum Gasteiger partial charge on any atom is 0.267 e. The van der Waals surface area contributed by atoms with Crippen molar-refractivity contribution in [3.05, 3.63) is 83.9 Å². The molecule has 7 heteroatoms. The van der Waals surface area contributed by atoms with Crippen LogP contribution in [0.2, 0.25) is 0 Å². The first-order valence-electron chi connectivity index (χ1n) is 11.8. The highest BCUT2D eigenvalue weighted by Crippen LogP contribution is 2.40. The molecule has 0 fully saturated rings. The van der Waals surface area contributed by atoms with Crippen LogP contribution in [0.1, 0.15) is 51.7 Å². The van der Waals surface area contributed by atoms with E-state index < -0.39 is 22.0 Å². The van der Waals surface area contributed by atoms with Crippen LogP contribution < -0.4 is 14.4 Å². The quantitative estimate of drug-likeness (QED) is 0.496. The lowest BCUT2D eigenvalue weighted by atomic mass is 9.86. The number of carbonyl (C=O) groups excluding carboxylic acids is 1. The predicted octanol–water partition coefficient (Wildman–Crippen LogP) is 5.70. The molecule has 6 nitrogen and oxygen atoms in total. The number of sulfonamides is 1. The van der Waals surface area contributed by atoms with E-state index >= 15 is 0 Å². The van der Waals surface area contributed by atoms with Gasteiger partial charge in [-0.2, -0.15) is 0 Å². The van der Waals surface area contributed by atoms with Gasteiger partial charge in [-0.1, -0.05) is 71.0 Å². The van der Waals surface area contributed by atoms with E-state index in [0.717, 1.165) is 5.56 Å². The van der Waals surface area contributed by atoms with Crippen molar-refractivity contribution in [1.29, 1.82) is 0 Å². The number of carbonyl (C=O) groups is 1. The summed E-state index contributed by atoms with van der Waals surface area (Å²) in [6, 6.07) is 21.4. The minimum Gasteiger partial charge on any atom is -0.476 e. The molecule has 3 aromatic rings. The van der Waals surface area contributed by atoms with Crippen molar-refractivity contribution in [2.24, 2.45) is 0 Å². The third kappa shape index (κ3) is 5.20. The predicted molar refractivity (Wildman–Crippen MR) is 140 cm³/mol. The zero-order valence-corrected chi connectivity index (χ0v) is 21.6. The van der Waals surface area contributed by atoms with Gasteiger partial charge in [-0.25, -0.2) is 8.42 Å². The summed E-state index contributed by atoms with van der Waals surface area (Å²) in [5.74, 6) is 0.341. The van der Waals surface area contributed by atoms with E-state index in [9.17, 15) is 13.2 Å². The zero-order chi connectivity index (χ0) is 25.4. The number of ether oxygens (including phenoxy) is 1. The number of hydrogen-bond acceptors (Lipinski definition) is 4. The number of benzene rings is 3. The van der Waals surface area contributed by atoms with Crippen LogP contribution in [0, 0.1) is 0 Å². The highest BCUT2D eigenvalue weighted by atomic mass is 32.2. The molecular formula is C28H32N2O4S. The van der Waals surface area contributed by atoms with Crippen LogP contribution >= 0.6 is 0 Å². The molecule has 0 saturated heterocycles. The lowest BCUT2D eigenvalue weighted by Gasteiger charge is -2.36. The number of amides is 1. The monoisotopic (exact) mass is 492 g/mol. The first-order valence-corrected chi connectivity index (χ1v) is 13.2. The maximum atomic E-state index is 13.7. The molecule has 0 saturated carbocycles. The molecule has 0 aliphatic carbocycles. The van der Waals surface area contributed by atoms with E-state index in [1.54, 1.807) is 36.4 Å². The van der Waals surface area contributed by atoms with Crippen molar-refractivity contribution in [1.82, 2.24) is 0 Å². The van der Waals surface area contributed by atoms with Crippen LogP contribution in [-0.4, -0.2) is 27.0 Å². The molecule has 0 spiro atoms. The van der Waals surface area contributed by atoms with Gasteiger partial charge < -0.3 is 10.1 Å². The molecule has 0 unspecified atom stereocenters. The third-order valence-electron chi connectivity index (χ3n) is 6.16. The molecule has 0 aromatic heterocycles. The van der Waals surface area contributed by atoms with E-state index in [4.69, 9.17) is 4.74 Å². The molecule has 0 bridgehead atoms. The fourth-order valence-electron chi connectivity index (χ4n) is 3.98. The number of anilines is 2. The third-order valence-corrected chi connectivity index (χ3v) is 7.96. The number of fused-ring (bicyclic) bond motifs is 1. The zero-order valence-electron chi connectivity index (χ0n) is 20.8. The lowest BCUT2D eigenvalue weighted by Crippen LogP contribution is -2.49. The van der Waals surface area contributed by atoms with Crippen molar-refractivity contribution in [2.45, 2.75) is 57.0 Å². The molecule has 1 atom stereocenters.